The molecule has 3 aromatic rings. The first-order valence-corrected chi connectivity index (χ1v) is 5.97. The Balaban J connectivity index is 2.33. The van der Waals surface area contributed by atoms with Gasteiger partial charge in [-0.3, -0.25) is 0 Å². The molecule has 0 bridgehead atoms. The van der Waals surface area contributed by atoms with Gasteiger partial charge in [-0.15, -0.1) is 0 Å². The Kier molecular flexibility index (Phi) is 2.48. The first-order chi connectivity index (χ1) is 9.11. The third-order valence-corrected chi connectivity index (χ3v) is 3.48. The summed E-state index contributed by atoms with van der Waals surface area (Å²) in [5.74, 6) is 1.91. The Morgan fingerprint density at radius 2 is 2.11 bits per heavy atom. The van der Waals surface area contributed by atoms with E-state index in [2.05, 4.69) is 9.72 Å². The number of fused-ring (bicyclic) bond motifs is 1. The zero-order valence-corrected chi connectivity index (χ0v) is 11.1. The van der Waals surface area contributed by atoms with Gasteiger partial charge in [-0.1, -0.05) is 5.16 Å². The van der Waals surface area contributed by atoms with Crippen LogP contribution in [0.25, 0.3) is 22.2 Å². The number of methoxy groups -OCH3 is 1. The highest BCUT2D eigenvalue weighted by Crippen LogP contribution is 2.36. The van der Waals surface area contributed by atoms with Crippen molar-refractivity contribution < 1.29 is 9.26 Å². The molecular weight excluding hydrogens is 242 g/mol. The van der Waals surface area contributed by atoms with E-state index in [4.69, 9.17) is 15.0 Å². The molecule has 1 aromatic carbocycles. The normalized spacial score (nSPS) is 11.1. The SMILES string of the molecule is COc1ccc2c(-c3cc(N)no3)c(C)n(C)c2c1. The first-order valence-electron chi connectivity index (χ1n) is 5.97. The van der Waals surface area contributed by atoms with Crippen LogP contribution in [0.1, 0.15) is 5.69 Å². The van der Waals surface area contributed by atoms with Gasteiger partial charge in [-0.2, -0.15) is 0 Å². The van der Waals surface area contributed by atoms with Crippen LogP contribution in [-0.2, 0) is 7.05 Å². The predicted octanol–water partition coefficient (Wildman–Crippen LogP) is 2.73. The molecule has 0 saturated carbocycles. The van der Waals surface area contributed by atoms with Gasteiger partial charge in [0.1, 0.15) is 5.75 Å². The Morgan fingerprint density at radius 3 is 2.74 bits per heavy atom. The standard InChI is InChI=1S/C14H15N3O2/c1-8-14(12-7-13(15)16-19-12)10-5-4-9(18-3)6-11(10)17(8)2/h4-7H,1-3H3,(H2,15,16). The lowest BCUT2D eigenvalue weighted by Gasteiger charge is -2.01. The van der Waals surface area contributed by atoms with Gasteiger partial charge in [0.25, 0.3) is 0 Å². The van der Waals surface area contributed by atoms with Crippen molar-refractivity contribution in [3.63, 3.8) is 0 Å². The van der Waals surface area contributed by atoms with Gasteiger partial charge < -0.3 is 19.6 Å². The average Bonchev–Trinajstić information content (AvgIpc) is 2.93. The topological polar surface area (TPSA) is 66.2 Å². The number of nitrogens with zero attached hydrogens (tertiary/aromatic N) is 2. The summed E-state index contributed by atoms with van der Waals surface area (Å²) in [5, 5.41) is 4.85. The highest BCUT2D eigenvalue weighted by atomic mass is 16.5. The van der Waals surface area contributed by atoms with Crippen molar-refractivity contribution >= 4 is 16.7 Å². The number of rotatable bonds is 2. The molecule has 2 N–H and O–H groups in total. The molecule has 0 aliphatic heterocycles. The van der Waals surface area contributed by atoms with Crippen molar-refractivity contribution in [2.75, 3.05) is 12.8 Å². The molecule has 0 unspecified atom stereocenters. The second-order valence-corrected chi connectivity index (χ2v) is 4.52. The summed E-state index contributed by atoms with van der Waals surface area (Å²) >= 11 is 0. The fraction of sp³-hybridized carbons (Fsp3) is 0.214. The van der Waals surface area contributed by atoms with E-state index in [9.17, 15) is 0 Å². The van der Waals surface area contributed by atoms with Crippen molar-refractivity contribution in [1.82, 2.24) is 9.72 Å². The third-order valence-electron chi connectivity index (χ3n) is 3.48. The number of hydrogen-bond acceptors (Lipinski definition) is 4. The number of nitrogen functional groups attached to an aromatic ring is 1. The number of hydrogen-bond donors (Lipinski definition) is 1. The molecule has 0 saturated heterocycles. The summed E-state index contributed by atoms with van der Waals surface area (Å²) in [6.07, 6.45) is 0. The zero-order chi connectivity index (χ0) is 13.6. The van der Waals surface area contributed by atoms with Crippen molar-refractivity contribution in [2.45, 2.75) is 6.92 Å². The highest BCUT2D eigenvalue weighted by molar-refractivity contribution is 5.97. The van der Waals surface area contributed by atoms with Crippen LogP contribution in [0.2, 0.25) is 0 Å². The van der Waals surface area contributed by atoms with Gasteiger partial charge in [-0.25, -0.2) is 0 Å². The fourth-order valence-electron chi connectivity index (χ4n) is 2.39. The molecule has 0 atom stereocenters. The van der Waals surface area contributed by atoms with E-state index in [1.165, 1.54) is 0 Å². The number of benzene rings is 1. The monoisotopic (exact) mass is 257 g/mol. The van der Waals surface area contributed by atoms with Crippen molar-refractivity contribution in [3.05, 3.63) is 30.0 Å². The molecule has 2 aromatic heterocycles. The van der Waals surface area contributed by atoms with Crippen LogP contribution in [0.4, 0.5) is 5.82 Å². The minimum atomic E-state index is 0.389. The number of aromatic nitrogens is 2. The summed E-state index contributed by atoms with van der Waals surface area (Å²) in [6.45, 7) is 2.04. The maximum atomic E-state index is 5.63. The largest absolute Gasteiger partial charge is 0.497 e. The molecule has 0 spiro atoms. The molecule has 0 radical (unpaired) electrons. The molecular formula is C14H15N3O2. The minimum absolute atomic E-state index is 0.389. The van der Waals surface area contributed by atoms with Crippen LogP contribution < -0.4 is 10.5 Å². The van der Waals surface area contributed by atoms with Crippen LogP contribution in [0.15, 0.2) is 28.8 Å². The van der Waals surface area contributed by atoms with Gasteiger partial charge in [-0.05, 0) is 19.1 Å². The third kappa shape index (κ3) is 1.66. The lowest BCUT2D eigenvalue weighted by atomic mass is 10.1. The Bertz CT molecular complexity index is 755. The van der Waals surface area contributed by atoms with Crippen LogP contribution >= 0.6 is 0 Å². The van der Waals surface area contributed by atoms with Gasteiger partial charge >= 0.3 is 0 Å². The van der Waals surface area contributed by atoms with Gasteiger partial charge in [0.2, 0.25) is 0 Å². The van der Waals surface area contributed by atoms with Gasteiger partial charge in [0.15, 0.2) is 11.6 Å². The fourth-order valence-corrected chi connectivity index (χ4v) is 2.39. The van der Waals surface area contributed by atoms with E-state index in [-0.39, 0.29) is 0 Å². The van der Waals surface area contributed by atoms with E-state index < -0.39 is 0 Å². The van der Waals surface area contributed by atoms with Crippen LogP contribution in [0.3, 0.4) is 0 Å². The number of aryl methyl sites for hydroxylation is 1. The summed E-state index contributed by atoms with van der Waals surface area (Å²) in [4.78, 5) is 0. The van der Waals surface area contributed by atoms with Crippen molar-refractivity contribution in [2.24, 2.45) is 7.05 Å². The van der Waals surface area contributed by atoms with E-state index in [1.807, 2.05) is 32.2 Å². The zero-order valence-electron chi connectivity index (χ0n) is 11.1. The molecule has 98 valence electrons. The summed E-state index contributed by atoms with van der Waals surface area (Å²) in [5.41, 5.74) is 8.83. The van der Waals surface area contributed by atoms with E-state index in [1.54, 1.807) is 13.2 Å². The Labute approximate surface area is 110 Å². The smallest absolute Gasteiger partial charge is 0.171 e. The van der Waals surface area contributed by atoms with Gasteiger partial charge in [0, 0.05) is 35.8 Å². The molecule has 5 nitrogen and oxygen atoms in total. The van der Waals surface area contributed by atoms with Crippen LogP contribution in [-0.4, -0.2) is 16.8 Å². The maximum Gasteiger partial charge on any atom is 0.171 e. The van der Waals surface area contributed by atoms with Crippen LogP contribution in [0.5, 0.6) is 5.75 Å². The molecule has 5 heteroatoms. The maximum absolute atomic E-state index is 5.63. The number of nitrogens with two attached hydrogens (primary N) is 1. The van der Waals surface area contributed by atoms with Gasteiger partial charge in [0.05, 0.1) is 12.6 Å². The second-order valence-electron chi connectivity index (χ2n) is 4.52. The summed E-state index contributed by atoms with van der Waals surface area (Å²) < 4.78 is 12.7. The Morgan fingerprint density at radius 1 is 1.32 bits per heavy atom. The summed E-state index contributed by atoms with van der Waals surface area (Å²) in [6, 6.07) is 7.71. The quantitative estimate of drug-likeness (QED) is 0.766. The molecule has 0 amide bonds. The minimum Gasteiger partial charge on any atom is -0.497 e. The Hall–Kier alpha value is -2.43. The molecule has 3 rings (SSSR count). The van der Waals surface area contributed by atoms with Crippen molar-refractivity contribution in [1.29, 1.82) is 0 Å². The average molecular weight is 257 g/mol. The van der Waals surface area contributed by atoms with Crippen molar-refractivity contribution in [3.8, 4) is 17.1 Å². The second kappa shape index (κ2) is 4.05. The first kappa shape index (κ1) is 11.6. The number of ether oxygens (including phenoxy) is 1. The molecule has 19 heavy (non-hydrogen) atoms. The molecule has 0 fully saturated rings. The molecule has 0 aliphatic rings. The molecule has 0 aliphatic carbocycles. The summed E-state index contributed by atoms with van der Waals surface area (Å²) in [7, 11) is 3.68. The van der Waals surface area contributed by atoms with E-state index >= 15 is 0 Å². The van der Waals surface area contributed by atoms with E-state index in [0.717, 1.165) is 27.9 Å². The lowest BCUT2D eigenvalue weighted by Crippen LogP contribution is -1.90. The van der Waals surface area contributed by atoms with E-state index in [0.29, 0.717) is 11.6 Å². The lowest BCUT2D eigenvalue weighted by molar-refractivity contribution is 0.415. The highest BCUT2D eigenvalue weighted by Gasteiger charge is 2.17. The predicted molar refractivity (Wildman–Crippen MR) is 74.1 cm³/mol. The number of anilines is 1. The van der Waals surface area contributed by atoms with Crippen LogP contribution in [0, 0.1) is 6.92 Å². The molecule has 2 heterocycles.